The third-order valence-electron chi connectivity index (χ3n) is 6.62. The van der Waals surface area contributed by atoms with Crippen molar-refractivity contribution in [2.24, 2.45) is 0 Å². The number of halogens is 1. The Morgan fingerprint density at radius 1 is 1.18 bits per heavy atom. The highest BCUT2D eigenvalue weighted by molar-refractivity contribution is 5.96. The van der Waals surface area contributed by atoms with E-state index in [0.717, 1.165) is 30.4 Å². The van der Waals surface area contributed by atoms with Crippen LogP contribution in [0.2, 0.25) is 0 Å². The minimum atomic E-state index is -0.566. The number of hydrogen-bond acceptors (Lipinski definition) is 4. The molecule has 1 saturated heterocycles. The number of aromatic nitrogens is 2. The zero-order valence-electron chi connectivity index (χ0n) is 19.6. The smallest absolute Gasteiger partial charge is 0.270 e. The first-order valence-electron chi connectivity index (χ1n) is 11.8. The van der Waals surface area contributed by atoms with Crippen LogP contribution in [-0.4, -0.2) is 38.6 Å². The van der Waals surface area contributed by atoms with Gasteiger partial charge in [-0.15, -0.1) is 0 Å². The summed E-state index contributed by atoms with van der Waals surface area (Å²) in [6, 6.07) is 15.4. The molecule has 1 amide bonds. The maximum absolute atomic E-state index is 13.6. The summed E-state index contributed by atoms with van der Waals surface area (Å²) in [6.07, 6.45) is 2.94. The lowest BCUT2D eigenvalue weighted by Gasteiger charge is -2.22. The van der Waals surface area contributed by atoms with Gasteiger partial charge in [-0.1, -0.05) is 55.8 Å². The number of aryl methyl sites for hydroxylation is 1. The highest BCUT2D eigenvalue weighted by Gasteiger charge is 2.33. The van der Waals surface area contributed by atoms with Gasteiger partial charge in [-0.05, 0) is 43.0 Å². The van der Waals surface area contributed by atoms with Crippen molar-refractivity contribution < 1.29 is 14.3 Å². The van der Waals surface area contributed by atoms with E-state index in [0.29, 0.717) is 25.3 Å². The highest BCUT2D eigenvalue weighted by atomic mass is 19.1. The number of likely N-dealkylation sites (tertiary alicyclic amines) is 1. The van der Waals surface area contributed by atoms with E-state index in [9.17, 15) is 19.1 Å². The van der Waals surface area contributed by atoms with Gasteiger partial charge in [-0.2, -0.15) is 4.98 Å². The molecule has 0 saturated carbocycles. The van der Waals surface area contributed by atoms with Gasteiger partial charge < -0.3 is 10.0 Å². The van der Waals surface area contributed by atoms with Gasteiger partial charge in [0.1, 0.15) is 11.6 Å². The predicted molar refractivity (Wildman–Crippen MR) is 129 cm³/mol. The molecule has 6 nitrogen and oxygen atoms in total. The molecule has 1 aliphatic heterocycles. The molecular weight excluding hydrogens is 433 g/mol. The van der Waals surface area contributed by atoms with Crippen molar-refractivity contribution >= 4 is 5.91 Å². The molecule has 2 aromatic carbocycles. The molecule has 4 rings (SSSR count). The first-order valence-corrected chi connectivity index (χ1v) is 11.8. The molecular formula is C27H30FN3O3. The number of aromatic hydroxyl groups is 1. The van der Waals surface area contributed by atoms with Crippen LogP contribution in [0, 0.1) is 5.82 Å². The number of amides is 1. The van der Waals surface area contributed by atoms with E-state index in [2.05, 4.69) is 4.98 Å². The molecule has 2 heterocycles. The minimum absolute atomic E-state index is 0.185. The maximum atomic E-state index is 13.6. The van der Waals surface area contributed by atoms with Crippen LogP contribution in [0.4, 0.5) is 4.39 Å². The molecule has 2 atom stereocenters. The molecule has 3 aromatic rings. The molecule has 1 aliphatic rings. The van der Waals surface area contributed by atoms with E-state index in [-0.39, 0.29) is 17.3 Å². The van der Waals surface area contributed by atoms with Gasteiger partial charge in [0.15, 0.2) is 5.56 Å². The molecule has 0 spiro atoms. The Morgan fingerprint density at radius 3 is 2.56 bits per heavy atom. The first kappa shape index (κ1) is 23.7. The number of rotatable bonds is 7. The van der Waals surface area contributed by atoms with Crippen LogP contribution in [0.25, 0.3) is 0 Å². The van der Waals surface area contributed by atoms with E-state index >= 15 is 0 Å². The standard InChI is InChI=1S/C27H30FN3O3/c1-3-4-10-23-29-25(32)24(27(34)31(23)18(2)19-11-13-22(28)14-12-19)26(33)30-16-15-21(17-30)20-8-6-5-7-9-20/h5-9,11-14,18,21,32H,3-4,10,15-17H2,1-2H3/t18-,21-/m0/s1. The maximum Gasteiger partial charge on any atom is 0.270 e. The fourth-order valence-electron chi connectivity index (χ4n) is 4.65. The van der Waals surface area contributed by atoms with Gasteiger partial charge in [0, 0.05) is 25.4 Å². The second-order valence-corrected chi connectivity index (χ2v) is 8.88. The summed E-state index contributed by atoms with van der Waals surface area (Å²) in [7, 11) is 0. The molecule has 1 aromatic heterocycles. The summed E-state index contributed by atoms with van der Waals surface area (Å²) < 4.78 is 14.9. The molecule has 0 bridgehead atoms. The van der Waals surface area contributed by atoms with Crippen LogP contribution < -0.4 is 5.56 Å². The number of benzene rings is 2. The second-order valence-electron chi connectivity index (χ2n) is 8.88. The van der Waals surface area contributed by atoms with Crippen molar-refractivity contribution in [3.05, 3.63) is 93.3 Å². The monoisotopic (exact) mass is 463 g/mol. The Kier molecular flexibility index (Phi) is 7.10. The summed E-state index contributed by atoms with van der Waals surface area (Å²) >= 11 is 0. The lowest BCUT2D eigenvalue weighted by molar-refractivity contribution is 0.0783. The lowest BCUT2D eigenvalue weighted by Crippen LogP contribution is -2.38. The van der Waals surface area contributed by atoms with Gasteiger partial charge in [-0.3, -0.25) is 14.2 Å². The fourth-order valence-corrected chi connectivity index (χ4v) is 4.65. The zero-order chi connectivity index (χ0) is 24.2. The Morgan fingerprint density at radius 2 is 1.88 bits per heavy atom. The van der Waals surface area contributed by atoms with Crippen molar-refractivity contribution in [1.82, 2.24) is 14.5 Å². The third-order valence-corrected chi connectivity index (χ3v) is 6.62. The Labute approximate surface area is 198 Å². The van der Waals surface area contributed by atoms with Crippen molar-refractivity contribution in [2.75, 3.05) is 13.1 Å². The number of unbranched alkanes of at least 4 members (excludes halogenated alkanes) is 1. The van der Waals surface area contributed by atoms with Gasteiger partial charge in [0.2, 0.25) is 5.88 Å². The molecule has 178 valence electrons. The van der Waals surface area contributed by atoms with Crippen molar-refractivity contribution in [3.63, 3.8) is 0 Å². The second kappa shape index (κ2) is 10.2. The normalized spacial score (nSPS) is 16.6. The van der Waals surface area contributed by atoms with Crippen LogP contribution in [0.3, 0.4) is 0 Å². The molecule has 34 heavy (non-hydrogen) atoms. The van der Waals surface area contributed by atoms with Crippen LogP contribution in [-0.2, 0) is 6.42 Å². The Balaban J connectivity index is 1.70. The summed E-state index contributed by atoms with van der Waals surface area (Å²) in [4.78, 5) is 33.0. The van der Waals surface area contributed by atoms with Crippen molar-refractivity contribution in [2.45, 2.75) is 51.5 Å². The van der Waals surface area contributed by atoms with E-state index < -0.39 is 23.4 Å². The minimum Gasteiger partial charge on any atom is -0.493 e. The summed E-state index contributed by atoms with van der Waals surface area (Å²) in [5.74, 6) is -0.788. The molecule has 7 heteroatoms. The Hall–Kier alpha value is -3.48. The third kappa shape index (κ3) is 4.74. The van der Waals surface area contributed by atoms with Gasteiger partial charge in [0.25, 0.3) is 11.5 Å². The Bertz CT molecular complexity index is 1210. The number of carbonyl (C=O) groups excluding carboxylic acids is 1. The van der Waals surface area contributed by atoms with E-state index in [1.54, 1.807) is 17.0 Å². The van der Waals surface area contributed by atoms with Crippen molar-refractivity contribution in [1.29, 1.82) is 0 Å². The largest absolute Gasteiger partial charge is 0.493 e. The van der Waals surface area contributed by atoms with Gasteiger partial charge >= 0.3 is 0 Å². The van der Waals surface area contributed by atoms with E-state index in [1.165, 1.54) is 16.7 Å². The van der Waals surface area contributed by atoms with Crippen LogP contribution in [0.1, 0.15) is 72.4 Å². The van der Waals surface area contributed by atoms with Crippen LogP contribution in [0.15, 0.2) is 59.4 Å². The predicted octanol–water partition coefficient (Wildman–Crippen LogP) is 4.67. The van der Waals surface area contributed by atoms with Crippen molar-refractivity contribution in [3.8, 4) is 5.88 Å². The van der Waals surface area contributed by atoms with Gasteiger partial charge in [-0.25, -0.2) is 4.39 Å². The number of hydrogen-bond donors (Lipinski definition) is 1. The van der Waals surface area contributed by atoms with Gasteiger partial charge in [0.05, 0.1) is 6.04 Å². The fraction of sp³-hybridized carbons (Fsp3) is 0.370. The molecule has 0 radical (unpaired) electrons. The average Bonchev–Trinajstić information content (AvgIpc) is 3.33. The zero-order valence-corrected chi connectivity index (χ0v) is 19.6. The molecule has 0 unspecified atom stereocenters. The molecule has 1 N–H and O–H groups in total. The quantitative estimate of drug-likeness (QED) is 0.553. The topological polar surface area (TPSA) is 75.4 Å². The summed E-state index contributed by atoms with van der Waals surface area (Å²) in [5.41, 5.74) is 1.00. The SMILES string of the molecule is CCCCc1nc(O)c(C(=O)N2CC[C@H](c3ccccc3)C2)c(=O)n1[C@@H](C)c1ccc(F)cc1. The summed E-state index contributed by atoms with van der Waals surface area (Å²) in [5, 5.41) is 10.7. The average molecular weight is 464 g/mol. The number of nitrogens with zero attached hydrogens (tertiary/aromatic N) is 3. The van der Waals surface area contributed by atoms with Crippen LogP contribution in [0.5, 0.6) is 5.88 Å². The molecule has 0 aliphatic carbocycles. The summed E-state index contributed by atoms with van der Waals surface area (Å²) in [6.45, 7) is 4.83. The van der Waals surface area contributed by atoms with E-state index in [4.69, 9.17) is 0 Å². The molecule has 1 fully saturated rings. The van der Waals surface area contributed by atoms with E-state index in [1.807, 2.05) is 44.2 Å². The first-order chi connectivity index (χ1) is 16.4. The highest BCUT2D eigenvalue weighted by Crippen LogP contribution is 2.29. The number of carbonyl (C=O) groups is 1. The lowest BCUT2D eigenvalue weighted by atomic mass is 9.99. The van der Waals surface area contributed by atoms with Crippen LogP contribution >= 0.6 is 0 Å².